The summed E-state index contributed by atoms with van der Waals surface area (Å²) in [6.07, 6.45) is 8.53. The lowest BCUT2D eigenvalue weighted by atomic mass is 9.98. The molecule has 16 heavy (non-hydrogen) atoms. The highest BCUT2D eigenvalue weighted by atomic mass is 16.3. The van der Waals surface area contributed by atoms with Gasteiger partial charge in [-0.3, -0.25) is 4.79 Å². The first-order valence-corrected chi connectivity index (χ1v) is 5.82. The Morgan fingerprint density at radius 2 is 2.06 bits per heavy atom. The lowest BCUT2D eigenvalue weighted by Crippen LogP contribution is -2.53. The van der Waals surface area contributed by atoms with Gasteiger partial charge in [-0.15, -0.1) is 12.3 Å². The van der Waals surface area contributed by atoms with Crippen molar-refractivity contribution >= 4 is 5.91 Å². The summed E-state index contributed by atoms with van der Waals surface area (Å²) in [5.41, 5.74) is 5.75. The number of piperidine rings is 1. The van der Waals surface area contributed by atoms with Crippen LogP contribution >= 0.6 is 0 Å². The number of hydrogen-bond acceptors (Lipinski definition) is 3. The molecule has 3 atom stereocenters. The molecule has 0 spiro atoms. The maximum Gasteiger partial charge on any atom is 0.240 e. The van der Waals surface area contributed by atoms with Crippen molar-refractivity contribution in [3.63, 3.8) is 0 Å². The van der Waals surface area contributed by atoms with Crippen molar-refractivity contribution in [2.45, 2.75) is 56.3 Å². The van der Waals surface area contributed by atoms with Crippen molar-refractivity contribution in [1.82, 2.24) is 4.90 Å². The highest BCUT2D eigenvalue weighted by Gasteiger charge is 2.43. The van der Waals surface area contributed by atoms with Gasteiger partial charge >= 0.3 is 0 Å². The summed E-state index contributed by atoms with van der Waals surface area (Å²) in [6, 6.07) is -0.238. The van der Waals surface area contributed by atoms with E-state index in [0.29, 0.717) is 12.8 Å². The van der Waals surface area contributed by atoms with Gasteiger partial charge in [0.1, 0.15) is 0 Å². The fourth-order valence-electron chi connectivity index (χ4n) is 2.91. The average molecular weight is 222 g/mol. The zero-order valence-electron chi connectivity index (χ0n) is 9.30. The van der Waals surface area contributed by atoms with E-state index in [1.54, 1.807) is 0 Å². The van der Waals surface area contributed by atoms with Crippen LogP contribution in [0.5, 0.6) is 0 Å². The van der Waals surface area contributed by atoms with Gasteiger partial charge in [0.2, 0.25) is 5.91 Å². The SMILES string of the molecule is C#CCC(N)C(=O)N1C2CCC1CC(O)C2. The number of aliphatic hydroxyl groups excluding tert-OH is 1. The molecular formula is C12H18N2O2. The van der Waals surface area contributed by atoms with Crippen LogP contribution in [0.1, 0.15) is 32.1 Å². The molecular weight excluding hydrogens is 204 g/mol. The predicted octanol–water partition coefficient (Wildman–Crippen LogP) is -0.149. The predicted molar refractivity (Wildman–Crippen MR) is 60.3 cm³/mol. The Bertz CT molecular complexity index is 309. The second kappa shape index (κ2) is 4.44. The van der Waals surface area contributed by atoms with Gasteiger partial charge in [-0.25, -0.2) is 0 Å². The van der Waals surface area contributed by atoms with E-state index in [1.165, 1.54) is 0 Å². The van der Waals surface area contributed by atoms with Gasteiger partial charge in [-0.1, -0.05) is 0 Å². The standard InChI is InChI=1S/C12H18N2O2/c1-2-3-11(13)12(16)14-8-4-5-9(14)7-10(15)6-8/h1,8-11,15H,3-7,13H2. The summed E-state index contributed by atoms with van der Waals surface area (Å²) >= 11 is 0. The van der Waals surface area contributed by atoms with Crippen molar-refractivity contribution in [2.24, 2.45) is 5.73 Å². The number of rotatable bonds is 2. The van der Waals surface area contributed by atoms with Crippen molar-refractivity contribution in [1.29, 1.82) is 0 Å². The van der Waals surface area contributed by atoms with Crippen LogP contribution in [-0.4, -0.2) is 40.1 Å². The lowest BCUT2D eigenvalue weighted by Gasteiger charge is -2.38. The molecule has 2 saturated heterocycles. The van der Waals surface area contributed by atoms with Crippen LogP contribution in [0.15, 0.2) is 0 Å². The largest absolute Gasteiger partial charge is 0.393 e. The van der Waals surface area contributed by atoms with Gasteiger partial charge < -0.3 is 15.7 Å². The molecule has 2 rings (SSSR count). The van der Waals surface area contributed by atoms with Crippen LogP contribution in [0.25, 0.3) is 0 Å². The molecule has 4 nitrogen and oxygen atoms in total. The van der Waals surface area contributed by atoms with Crippen LogP contribution < -0.4 is 5.73 Å². The minimum absolute atomic E-state index is 0.0441. The first-order valence-electron chi connectivity index (χ1n) is 5.82. The normalized spacial score (nSPS) is 34.6. The molecule has 0 saturated carbocycles. The van der Waals surface area contributed by atoms with E-state index in [9.17, 15) is 9.90 Å². The fourth-order valence-corrected chi connectivity index (χ4v) is 2.91. The van der Waals surface area contributed by atoms with Gasteiger partial charge in [0, 0.05) is 18.5 Å². The lowest BCUT2D eigenvalue weighted by molar-refractivity contribution is -0.138. The molecule has 0 aromatic carbocycles. The van der Waals surface area contributed by atoms with Crippen molar-refractivity contribution < 1.29 is 9.90 Å². The van der Waals surface area contributed by atoms with Crippen molar-refractivity contribution in [3.05, 3.63) is 0 Å². The van der Waals surface area contributed by atoms with Gasteiger partial charge in [0.25, 0.3) is 0 Å². The Labute approximate surface area is 95.8 Å². The Morgan fingerprint density at radius 3 is 2.56 bits per heavy atom. The summed E-state index contributed by atoms with van der Waals surface area (Å²) in [5.74, 6) is 2.38. The molecule has 0 aromatic heterocycles. The quantitative estimate of drug-likeness (QED) is 0.639. The molecule has 88 valence electrons. The fraction of sp³-hybridized carbons (Fsp3) is 0.750. The Morgan fingerprint density at radius 1 is 1.50 bits per heavy atom. The van der Waals surface area contributed by atoms with Crippen LogP contribution in [0, 0.1) is 12.3 Å². The molecule has 2 aliphatic heterocycles. The molecule has 2 bridgehead atoms. The number of hydrogen-bond donors (Lipinski definition) is 2. The number of amides is 1. The van der Waals surface area contributed by atoms with E-state index in [2.05, 4.69) is 5.92 Å². The average Bonchev–Trinajstić information content (AvgIpc) is 2.50. The summed E-state index contributed by atoms with van der Waals surface area (Å²) in [7, 11) is 0. The second-order valence-electron chi connectivity index (χ2n) is 4.77. The number of nitrogens with two attached hydrogens (primary N) is 1. The molecule has 3 unspecified atom stereocenters. The van der Waals surface area contributed by atoms with Crippen molar-refractivity contribution in [3.8, 4) is 12.3 Å². The van der Waals surface area contributed by atoms with E-state index < -0.39 is 6.04 Å². The van der Waals surface area contributed by atoms with Crippen LogP contribution in [0.4, 0.5) is 0 Å². The van der Waals surface area contributed by atoms with Crippen LogP contribution in [0.2, 0.25) is 0 Å². The highest BCUT2D eigenvalue weighted by molar-refractivity contribution is 5.83. The zero-order valence-corrected chi connectivity index (χ0v) is 9.30. The molecule has 2 fully saturated rings. The minimum Gasteiger partial charge on any atom is -0.393 e. The summed E-state index contributed by atoms with van der Waals surface area (Å²) < 4.78 is 0. The topological polar surface area (TPSA) is 66.6 Å². The van der Waals surface area contributed by atoms with E-state index in [0.717, 1.165) is 12.8 Å². The molecule has 3 N–H and O–H groups in total. The molecule has 1 amide bonds. The summed E-state index contributed by atoms with van der Waals surface area (Å²) in [4.78, 5) is 13.9. The minimum atomic E-state index is -0.580. The Balaban J connectivity index is 2.06. The number of aliphatic hydroxyl groups is 1. The van der Waals surface area contributed by atoms with E-state index >= 15 is 0 Å². The summed E-state index contributed by atoms with van der Waals surface area (Å²) in [5, 5.41) is 9.63. The van der Waals surface area contributed by atoms with Gasteiger partial charge in [0.05, 0.1) is 12.1 Å². The Hall–Kier alpha value is -1.05. The number of terminal acetylenes is 1. The number of carbonyl (C=O) groups is 1. The number of fused-ring (bicyclic) bond motifs is 2. The zero-order chi connectivity index (χ0) is 11.7. The molecule has 0 radical (unpaired) electrons. The van der Waals surface area contributed by atoms with Crippen molar-refractivity contribution in [2.75, 3.05) is 0 Å². The molecule has 0 aromatic rings. The van der Waals surface area contributed by atoms with Gasteiger partial charge in [0.15, 0.2) is 0 Å². The maximum atomic E-state index is 12.1. The molecule has 2 aliphatic rings. The van der Waals surface area contributed by atoms with E-state index in [4.69, 9.17) is 12.2 Å². The Kier molecular flexibility index (Phi) is 3.17. The van der Waals surface area contributed by atoms with Gasteiger partial charge in [-0.2, -0.15) is 0 Å². The van der Waals surface area contributed by atoms with Gasteiger partial charge in [-0.05, 0) is 25.7 Å². The van der Waals surface area contributed by atoms with Crippen LogP contribution in [-0.2, 0) is 4.79 Å². The van der Waals surface area contributed by atoms with E-state index in [-0.39, 0.29) is 30.5 Å². The van der Waals surface area contributed by atoms with Crippen LogP contribution in [0.3, 0.4) is 0 Å². The van der Waals surface area contributed by atoms with E-state index in [1.807, 2.05) is 4.90 Å². The third-order valence-electron chi connectivity index (χ3n) is 3.62. The maximum absolute atomic E-state index is 12.1. The first kappa shape index (κ1) is 11.4. The molecule has 4 heteroatoms. The molecule has 2 heterocycles. The number of nitrogens with zero attached hydrogens (tertiary/aromatic N) is 1. The third-order valence-corrected chi connectivity index (χ3v) is 3.62. The highest BCUT2D eigenvalue weighted by Crippen LogP contribution is 2.36. The second-order valence-corrected chi connectivity index (χ2v) is 4.77. The smallest absolute Gasteiger partial charge is 0.240 e. The summed E-state index contributed by atoms with van der Waals surface area (Å²) in [6.45, 7) is 0. The first-order chi connectivity index (χ1) is 7.63. The monoisotopic (exact) mass is 222 g/mol. The third kappa shape index (κ3) is 1.93. The molecule has 0 aliphatic carbocycles. The number of carbonyl (C=O) groups excluding carboxylic acids is 1.